The maximum Gasteiger partial charge on any atom is 0.318 e. The number of nitrogen functional groups attached to an aromatic ring is 1. The van der Waals surface area contributed by atoms with Crippen LogP contribution in [0.5, 0.6) is 6.01 Å². The number of alkyl halides is 2. The molecule has 1 aromatic heterocycles. The summed E-state index contributed by atoms with van der Waals surface area (Å²) in [4.78, 5) is 13.6. The van der Waals surface area contributed by atoms with Crippen molar-refractivity contribution >= 4 is 11.5 Å². The lowest BCUT2D eigenvalue weighted by Gasteiger charge is -2.45. The normalized spacial score (nSPS) is 30.5. The average Bonchev–Trinajstić information content (AvgIpc) is 3.46. The van der Waals surface area contributed by atoms with Crippen molar-refractivity contribution in [1.82, 2.24) is 14.9 Å². The van der Waals surface area contributed by atoms with Gasteiger partial charge in [-0.1, -0.05) is 13.0 Å². The van der Waals surface area contributed by atoms with Crippen molar-refractivity contribution in [2.45, 2.75) is 81.5 Å². The van der Waals surface area contributed by atoms with Gasteiger partial charge in [-0.3, -0.25) is 4.90 Å². The summed E-state index contributed by atoms with van der Waals surface area (Å²) in [5.74, 6) is -1.74. The quantitative estimate of drug-likeness (QED) is 0.544. The first kappa shape index (κ1) is 26.8. The molecule has 7 rings (SSSR count). The summed E-state index contributed by atoms with van der Waals surface area (Å²) in [7, 11) is 0. The van der Waals surface area contributed by atoms with Crippen molar-refractivity contribution in [3.8, 4) is 12.1 Å². The molecule has 218 valence electrons. The first-order valence-electron chi connectivity index (χ1n) is 14.7. The van der Waals surface area contributed by atoms with Gasteiger partial charge in [0.2, 0.25) is 0 Å². The molecule has 9 nitrogen and oxygen atoms in total. The third-order valence-electron chi connectivity index (χ3n) is 9.83. The van der Waals surface area contributed by atoms with Crippen LogP contribution in [0.4, 0.5) is 20.3 Å². The van der Waals surface area contributed by atoms with E-state index in [1.165, 1.54) is 0 Å². The highest BCUT2D eigenvalue weighted by atomic mass is 19.3. The summed E-state index contributed by atoms with van der Waals surface area (Å²) in [5, 5.41) is 10.1. The number of nitrogens with two attached hydrogens (primary N) is 1. The van der Waals surface area contributed by atoms with E-state index in [4.69, 9.17) is 29.9 Å². The third kappa shape index (κ3) is 4.42. The van der Waals surface area contributed by atoms with Gasteiger partial charge < -0.3 is 24.8 Å². The number of nitrogens with zero attached hydrogens (tertiary/aromatic N) is 5. The summed E-state index contributed by atoms with van der Waals surface area (Å²) in [6.07, 6.45) is 4.29. The second-order valence-corrected chi connectivity index (χ2v) is 12.5. The van der Waals surface area contributed by atoms with E-state index < -0.39 is 17.1 Å². The minimum Gasteiger partial charge on any atom is -0.461 e. The first-order chi connectivity index (χ1) is 19.7. The average molecular weight is 567 g/mol. The Morgan fingerprint density at radius 1 is 1.22 bits per heavy atom. The van der Waals surface area contributed by atoms with Gasteiger partial charge >= 0.3 is 6.01 Å². The fourth-order valence-electron chi connectivity index (χ4n) is 7.79. The summed E-state index contributed by atoms with van der Waals surface area (Å²) in [6.45, 7) is 4.85. The molecule has 11 heteroatoms. The van der Waals surface area contributed by atoms with Crippen molar-refractivity contribution < 1.29 is 23.0 Å². The topological polar surface area (TPSA) is 110 Å². The molecule has 5 heterocycles. The Balaban J connectivity index is 1.27. The summed E-state index contributed by atoms with van der Waals surface area (Å²) >= 11 is 0. The Morgan fingerprint density at radius 2 is 2.10 bits per heavy atom. The highest BCUT2D eigenvalue weighted by Gasteiger charge is 2.57. The van der Waals surface area contributed by atoms with Crippen LogP contribution in [0.15, 0.2) is 12.1 Å². The van der Waals surface area contributed by atoms with Crippen molar-refractivity contribution in [2.75, 3.05) is 50.2 Å². The SMILES string of the molecule is CC1CCC2(Cc3nc(OCC45CCCN4CC(F)(F)C5)nc(N4CCCOC4)c3CO2)c2c1ccc(N)c2C#N. The van der Waals surface area contributed by atoms with Crippen molar-refractivity contribution in [1.29, 1.82) is 5.26 Å². The Hall–Kier alpha value is -3.07. The van der Waals surface area contributed by atoms with Gasteiger partial charge in [0.15, 0.2) is 0 Å². The van der Waals surface area contributed by atoms with E-state index >= 15 is 0 Å². The minimum atomic E-state index is -2.72. The number of ether oxygens (including phenoxy) is 3. The van der Waals surface area contributed by atoms with E-state index in [2.05, 4.69) is 17.9 Å². The Bertz CT molecular complexity index is 1410. The predicted molar refractivity (Wildman–Crippen MR) is 147 cm³/mol. The lowest BCUT2D eigenvalue weighted by molar-refractivity contribution is -0.0874. The van der Waals surface area contributed by atoms with Crippen LogP contribution in [0.1, 0.15) is 79.3 Å². The molecule has 3 unspecified atom stereocenters. The third-order valence-corrected chi connectivity index (χ3v) is 9.83. The van der Waals surface area contributed by atoms with Gasteiger partial charge in [-0.25, -0.2) is 8.78 Å². The van der Waals surface area contributed by atoms with E-state index in [-0.39, 0.29) is 38.1 Å². The van der Waals surface area contributed by atoms with Gasteiger partial charge in [-0.2, -0.15) is 15.2 Å². The molecule has 0 amide bonds. The van der Waals surface area contributed by atoms with Crippen LogP contribution in [0.2, 0.25) is 0 Å². The number of nitriles is 1. The monoisotopic (exact) mass is 566 g/mol. The molecule has 0 radical (unpaired) electrons. The molecular formula is C30H36F2N6O3. The molecule has 3 saturated heterocycles. The number of rotatable bonds is 4. The minimum absolute atomic E-state index is 0.119. The standard InChI is InChI=1S/C30H36F2N6O3/c1-19-6-8-29(25-20(19)4-5-23(34)21(25)13-33)12-24-22(14-41-29)26(37-9-3-11-39-18-37)36-27(35-24)40-17-28-7-2-10-38(28)16-30(31,32)15-28/h4-5,19H,2-3,6-12,14-18,34H2,1H3. The van der Waals surface area contributed by atoms with Crippen LogP contribution in [0.3, 0.4) is 0 Å². The lowest BCUT2D eigenvalue weighted by Crippen LogP contribution is -2.44. The van der Waals surface area contributed by atoms with Gasteiger partial charge in [-0.05, 0) is 56.2 Å². The smallest absolute Gasteiger partial charge is 0.318 e. The van der Waals surface area contributed by atoms with Crippen LogP contribution in [-0.4, -0.2) is 65.9 Å². The Kier molecular flexibility index (Phi) is 6.37. The van der Waals surface area contributed by atoms with Gasteiger partial charge in [0.1, 0.15) is 30.8 Å². The maximum absolute atomic E-state index is 14.4. The Labute approximate surface area is 238 Å². The molecular weight excluding hydrogens is 530 g/mol. The molecule has 5 aliphatic rings. The summed E-state index contributed by atoms with van der Waals surface area (Å²) < 4.78 is 47.5. The molecule has 3 atom stereocenters. The Morgan fingerprint density at radius 3 is 2.90 bits per heavy atom. The van der Waals surface area contributed by atoms with Gasteiger partial charge in [0, 0.05) is 36.2 Å². The van der Waals surface area contributed by atoms with Gasteiger partial charge in [0.05, 0.1) is 36.6 Å². The molecule has 2 N–H and O–H groups in total. The van der Waals surface area contributed by atoms with Gasteiger partial charge in [0.25, 0.3) is 5.92 Å². The van der Waals surface area contributed by atoms with Crippen LogP contribution >= 0.6 is 0 Å². The molecule has 4 aliphatic heterocycles. The van der Waals surface area contributed by atoms with Crippen molar-refractivity contribution in [3.05, 3.63) is 40.1 Å². The van der Waals surface area contributed by atoms with Gasteiger partial charge in [-0.15, -0.1) is 0 Å². The van der Waals surface area contributed by atoms with Crippen LogP contribution in [-0.2, 0) is 28.1 Å². The summed E-state index contributed by atoms with van der Waals surface area (Å²) in [5.41, 5.74) is 9.39. The van der Waals surface area contributed by atoms with E-state index in [1.54, 1.807) is 0 Å². The number of fused-ring (bicyclic) bond motifs is 4. The fourth-order valence-corrected chi connectivity index (χ4v) is 7.79. The van der Waals surface area contributed by atoms with E-state index in [0.29, 0.717) is 49.8 Å². The van der Waals surface area contributed by atoms with Crippen LogP contribution in [0, 0.1) is 11.3 Å². The fraction of sp³-hybridized carbons (Fsp3) is 0.633. The van der Waals surface area contributed by atoms with Crippen LogP contribution < -0.4 is 15.4 Å². The number of benzene rings is 1. The molecule has 0 bridgehead atoms. The number of aromatic nitrogens is 2. The number of halogens is 2. The molecule has 41 heavy (non-hydrogen) atoms. The zero-order chi connectivity index (χ0) is 28.4. The summed E-state index contributed by atoms with van der Waals surface area (Å²) in [6, 6.07) is 6.36. The molecule has 2 aromatic rings. The number of hydrogen-bond donors (Lipinski definition) is 1. The molecule has 0 saturated carbocycles. The highest BCUT2D eigenvalue weighted by molar-refractivity contribution is 5.64. The molecule has 1 aliphatic carbocycles. The molecule has 1 spiro atoms. The zero-order valence-electron chi connectivity index (χ0n) is 23.4. The van der Waals surface area contributed by atoms with Crippen molar-refractivity contribution in [3.63, 3.8) is 0 Å². The van der Waals surface area contributed by atoms with E-state index in [0.717, 1.165) is 54.6 Å². The van der Waals surface area contributed by atoms with Crippen molar-refractivity contribution in [2.24, 2.45) is 0 Å². The van der Waals surface area contributed by atoms with E-state index in [9.17, 15) is 14.0 Å². The van der Waals surface area contributed by atoms with E-state index in [1.807, 2.05) is 17.0 Å². The zero-order valence-corrected chi connectivity index (χ0v) is 23.4. The largest absolute Gasteiger partial charge is 0.461 e. The number of hydrogen-bond acceptors (Lipinski definition) is 9. The maximum atomic E-state index is 14.4. The molecule has 1 aromatic carbocycles. The predicted octanol–water partition coefficient (Wildman–Crippen LogP) is 4.23. The lowest BCUT2D eigenvalue weighted by atomic mass is 9.69. The second kappa shape index (κ2) is 9.75. The molecule has 3 fully saturated rings. The van der Waals surface area contributed by atoms with Crippen LogP contribution in [0.25, 0.3) is 0 Å². The second-order valence-electron chi connectivity index (χ2n) is 12.5. The number of anilines is 2. The highest BCUT2D eigenvalue weighted by Crippen LogP contribution is 2.51. The first-order valence-corrected chi connectivity index (χ1v) is 14.7.